The molecule has 0 bridgehead atoms. The molecule has 0 saturated heterocycles. The van der Waals surface area contributed by atoms with Crippen molar-refractivity contribution in [1.29, 1.82) is 0 Å². The van der Waals surface area contributed by atoms with E-state index in [4.69, 9.17) is 16.7 Å². The molecule has 0 spiro atoms. The molecule has 0 radical (unpaired) electrons. The molecule has 1 aromatic heterocycles. The lowest BCUT2D eigenvalue weighted by Crippen LogP contribution is -1.98. The summed E-state index contributed by atoms with van der Waals surface area (Å²) < 4.78 is 0.796. The number of aromatic carboxylic acids is 1. The molecule has 0 unspecified atom stereocenters. The second kappa shape index (κ2) is 5.69. The van der Waals surface area contributed by atoms with Gasteiger partial charge < -0.3 is 5.11 Å². The predicted molar refractivity (Wildman–Crippen MR) is 72.3 cm³/mol. The lowest BCUT2D eigenvalue weighted by molar-refractivity contribution is 0.0693. The predicted octanol–water partition coefficient (Wildman–Crippen LogP) is 3.74. The van der Waals surface area contributed by atoms with Gasteiger partial charge in [-0.25, -0.2) is 9.78 Å². The van der Waals surface area contributed by atoms with E-state index >= 15 is 0 Å². The summed E-state index contributed by atoms with van der Waals surface area (Å²) >= 11 is 10.2. The molecular weight excluding hydrogens is 340 g/mol. The largest absolute Gasteiger partial charge is 0.478 e. The summed E-state index contributed by atoms with van der Waals surface area (Å²) in [5, 5.41) is 9.91. The summed E-state index contributed by atoms with van der Waals surface area (Å²) in [5.41, 5.74) is 0.213. The van der Waals surface area contributed by atoms with Gasteiger partial charge in [0.1, 0.15) is 10.2 Å². The molecule has 2 aromatic rings. The third kappa shape index (κ3) is 3.22. The number of aromatic nitrogens is 2. The van der Waals surface area contributed by atoms with Crippen LogP contribution in [0.15, 0.2) is 45.0 Å². The van der Waals surface area contributed by atoms with Crippen LogP contribution in [0.4, 0.5) is 0 Å². The van der Waals surface area contributed by atoms with Crippen LogP contribution >= 0.6 is 39.3 Å². The molecule has 2 rings (SSSR count). The molecule has 92 valence electrons. The third-order valence-electron chi connectivity index (χ3n) is 1.97. The topological polar surface area (TPSA) is 63.1 Å². The summed E-state index contributed by atoms with van der Waals surface area (Å²) in [7, 11) is 0. The molecule has 0 fully saturated rings. The number of carbonyl (C=O) groups is 1. The van der Waals surface area contributed by atoms with E-state index in [1.807, 2.05) is 0 Å². The molecular formula is C11H6BrClN2O2S. The fourth-order valence-corrected chi connectivity index (χ4v) is 2.89. The fourth-order valence-electron chi connectivity index (χ4n) is 1.24. The summed E-state index contributed by atoms with van der Waals surface area (Å²) in [6.07, 6.45) is 2.95. The minimum atomic E-state index is -0.986. The Morgan fingerprint density at radius 1 is 1.39 bits per heavy atom. The smallest absolute Gasteiger partial charge is 0.336 e. The minimum absolute atomic E-state index is 0.213. The first-order valence-electron chi connectivity index (χ1n) is 4.74. The average molecular weight is 346 g/mol. The van der Waals surface area contributed by atoms with Crippen LogP contribution in [0.1, 0.15) is 10.4 Å². The molecule has 18 heavy (non-hydrogen) atoms. The highest BCUT2D eigenvalue weighted by Gasteiger charge is 2.12. The van der Waals surface area contributed by atoms with Crippen LogP contribution in [0.25, 0.3) is 0 Å². The van der Waals surface area contributed by atoms with E-state index in [2.05, 4.69) is 25.9 Å². The number of nitrogens with zero attached hydrogens (tertiary/aromatic N) is 2. The molecule has 0 aliphatic heterocycles. The SMILES string of the molecule is O=C(O)c1ccc(Br)cc1Sc1cncc(Cl)n1. The maximum Gasteiger partial charge on any atom is 0.336 e. The van der Waals surface area contributed by atoms with Crippen molar-refractivity contribution in [1.82, 2.24) is 9.97 Å². The highest BCUT2D eigenvalue weighted by atomic mass is 79.9. The molecule has 0 amide bonds. The van der Waals surface area contributed by atoms with Gasteiger partial charge in [-0.2, -0.15) is 0 Å². The average Bonchev–Trinajstić information content (AvgIpc) is 2.28. The van der Waals surface area contributed by atoms with Gasteiger partial charge in [-0.1, -0.05) is 39.3 Å². The van der Waals surface area contributed by atoms with Gasteiger partial charge in [-0.15, -0.1) is 0 Å². The van der Waals surface area contributed by atoms with Crippen LogP contribution < -0.4 is 0 Å². The summed E-state index contributed by atoms with van der Waals surface area (Å²) in [6, 6.07) is 4.93. The lowest BCUT2D eigenvalue weighted by atomic mass is 10.2. The zero-order chi connectivity index (χ0) is 13.1. The highest BCUT2D eigenvalue weighted by Crippen LogP contribution is 2.31. The molecule has 0 atom stereocenters. The zero-order valence-electron chi connectivity index (χ0n) is 8.80. The van der Waals surface area contributed by atoms with Crippen molar-refractivity contribution in [3.63, 3.8) is 0 Å². The lowest BCUT2D eigenvalue weighted by Gasteiger charge is -2.05. The Balaban J connectivity index is 2.39. The summed E-state index contributed by atoms with van der Waals surface area (Å²) in [5.74, 6) is -0.986. The van der Waals surface area contributed by atoms with Crippen molar-refractivity contribution in [2.45, 2.75) is 9.92 Å². The molecule has 1 N–H and O–H groups in total. The van der Waals surface area contributed by atoms with E-state index in [1.54, 1.807) is 12.1 Å². The standard InChI is InChI=1S/C11H6BrClN2O2S/c12-6-1-2-7(11(16)17)8(3-6)18-10-5-14-4-9(13)15-10/h1-5H,(H,16,17). The molecule has 1 heterocycles. The van der Waals surface area contributed by atoms with Gasteiger partial charge in [-0.05, 0) is 18.2 Å². The van der Waals surface area contributed by atoms with E-state index in [0.29, 0.717) is 9.92 Å². The Morgan fingerprint density at radius 3 is 2.83 bits per heavy atom. The molecule has 1 aromatic carbocycles. The second-order valence-electron chi connectivity index (χ2n) is 3.23. The van der Waals surface area contributed by atoms with E-state index in [1.165, 1.54) is 30.2 Å². The van der Waals surface area contributed by atoms with Crippen LogP contribution in [-0.4, -0.2) is 21.0 Å². The first kappa shape index (κ1) is 13.3. The van der Waals surface area contributed by atoms with Gasteiger partial charge in [0.15, 0.2) is 0 Å². The first-order valence-corrected chi connectivity index (χ1v) is 6.73. The van der Waals surface area contributed by atoms with E-state index in [0.717, 1.165) is 4.47 Å². The van der Waals surface area contributed by atoms with Crippen LogP contribution in [0.3, 0.4) is 0 Å². The van der Waals surface area contributed by atoms with Crippen molar-refractivity contribution in [3.8, 4) is 0 Å². The molecule has 4 nitrogen and oxygen atoms in total. The highest BCUT2D eigenvalue weighted by molar-refractivity contribution is 9.10. The molecule has 0 aliphatic rings. The van der Waals surface area contributed by atoms with Crippen molar-refractivity contribution < 1.29 is 9.90 Å². The maximum absolute atomic E-state index is 11.1. The maximum atomic E-state index is 11.1. The van der Waals surface area contributed by atoms with E-state index in [9.17, 15) is 4.79 Å². The number of carboxylic acids is 1. The van der Waals surface area contributed by atoms with Gasteiger partial charge in [0, 0.05) is 9.37 Å². The van der Waals surface area contributed by atoms with Crippen molar-refractivity contribution in [3.05, 3.63) is 45.8 Å². The number of carboxylic acid groups (broad SMARTS) is 1. The number of benzene rings is 1. The van der Waals surface area contributed by atoms with Crippen LogP contribution in [-0.2, 0) is 0 Å². The van der Waals surface area contributed by atoms with Crippen molar-refractivity contribution in [2.24, 2.45) is 0 Å². The van der Waals surface area contributed by atoms with Crippen molar-refractivity contribution in [2.75, 3.05) is 0 Å². The first-order chi connectivity index (χ1) is 8.56. The van der Waals surface area contributed by atoms with E-state index in [-0.39, 0.29) is 10.7 Å². The second-order valence-corrected chi connectivity index (χ2v) is 5.59. The third-order valence-corrected chi connectivity index (χ3v) is 3.61. The molecule has 0 aliphatic carbocycles. The Bertz CT molecular complexity index is 609. The Hall–Kier alpha value is -1.11. The molecule has 7 heteroatoms. The quantitative estimate of drug-likeness (QED) is 0.918. The van der Waals surface area contributed by atoms with Crippen LogP contribution in [0, 0.1) is 0 Å². The number of rotatable bonds is 3. The van der Waals surface area contributed by atoms with Gasteiger partial charge in [0.25, 0.3) is 0 Å². The summed E-state index contributed by atoms with van der Waals surface area (Å²) in [6.45, 7) is 0. The van der Waals surface area contributed by atoms with Gasteiger partial charge in [0.05, 0.1) is 18.0 Å². The number of halogens is 2. The van der Waals surface area contributed by atoms with Crippen LogP contribution in [0.2, 0.25) is 5.15 Å². The van der Waals surface area contributed by atoms with Gasteiger partial charge in [0.2, 0.25) is 0 Å². The fraction of sp³-hybridized carbons (Fsp3) is 0. The Kier molecular flexibility index (Phi) is 4.21. The number of hydrogen-bond donors (Lipinski definition) is 1. The molecule has 0 saturated carbocycles. The van der Waals surface area contributed by atoms with Gasteiger partial charge >= 0.3 is 5.97 Å². The van der Waals surface area contributed by atoms with Crippen molar-refractivity contribution >= 4 is 45.3 Å². The monoisotopic (exact) mass is 344 g/mol. The zero-order valence-corrected chi connectivity index (χ0v) is 12.0. The normalized spacial score (nSPS) is 10.3. The van der Waals surface area contributed by atoms with E-state index < -0.39 is 5.97 Å². The Morgan fingerprint density at radius 2 is 2.17 bits per heavy atom. The minimum Gasteiger partial charge on any atom is -0.478 e. The van der Waals surface area contributed by atoms with Gasteiger partial charge in [-0.3, -0.25) is 4.98 Å². The summed E-state index contributed by atoms with van der Waals surface area (Å²) in [4.78, 5) is 19.6. The Labute approximate surface area is 121 Å². The van der Waals surface area contributed by atoms with Crippen LogP contribution in [0.5, 0.6) is 0 Å². The number of hydrogen-bond acceptors (Lipinski definition) is 4.